The van der Waals surface area contributed by atoms with Crippen molar-refractivity contribution in [1.29, 1.82) is 0 Å². The Morgan fingerprint density at radius 2 is 2.27 bits per heavy atom. The molecule has 0 radical (unpaired) electrons. The molecular formula is C11H20N2OS. The summed E-state index contributed by atoms with van der Waals surface area (Å²) < 4.78 is 0. The number of fused-ring (bicyclic) bond motifs is 2. The Hall–Kier alpha value is -0.350. The Balaban J connectivity index is 1.71. The van der Waals surface area contributed by atoms with Gasteiger partial charge in [0.15, 0.2) is 5.11 Å². The highest BCUT2D eigenvalue weighted by molar-refractivity contribution is 7.80. The predicted molar refractivity (Wildman–Crippen MR) is 64.7 cm³/mol. The van der Waals surface area contributed by atoms with Crippen molar-refractivity contribution in [2.24, 2.45) is 11.8 Å². The lowest BCUT2D eigenvalue weighted by atomic mass is 9.96. The van der Waals surface area contributed by atoms with Crippen LogP contribution in [0.25, 0.3) is 0 Å². The van der Waals surface area contributed by atoms with Crippen LogP contribution in [0.1, 0.15) is 32.6 Å². The largest absolute Gasteiger partial charge is 0.392 e. The van der Waals surface area contributed by atoms with E-state index in [2.05, 4.69) is 10.6 Å². The summed E-state index contributed by atoms with van der Waals surface area (Å²) >= 11 is 5.19. The van der Waals surface area contributed by atoms with Crippen LogP contribution in [0.4, 0.5) is 0 Å². The molecule has 0 aromatic heterocycles. The van der Waals surface area contributed by atoms with Crippen LogP contribution in [0.2, 0.25) is 0 Å². The van der Waals surface area contributed by atoms with E-state index in [1.54, 1.807) is 6.92 Å². The lowest BCUT2D eigenvalue weighted by Crippen LogP contribution is -2.45. The van der Waals surface area contributed by atoms with E-state index >= 15 is 0 Å². The van der Waals surface area contributed by atoms with Crippen LogP contribution >= 0.6 is 12.2 Å². The minimum Gasteiger partial charge on any atom is -0.392 e. The monoisotopic (exact) mass is 228 g/mol. The number of nitrogens with one attached hydrogen (secondary N) is 2. The van der Waals surface area contributed by atoms with Gasteiger partial charge in [-0.1, -0.05) is 6.42 Å². The molecule has 0 amide bonds. The van der Waals surface area contributed by atoms with E-state index in [9.17, 15) is 0 Å². The number of hydrogen-bond donors (Lipinski definition) is 3. The summed E-state index contributed by atoms with van der Waals surface area (Å²) in [4.78, 5) is 0. The van der Waals surface area contributed by atoms with Gasteiger partial charge in [0, 0.05) is 12.6 Å². The minimum absolute atomic E-state index is 0.343. The van der Waals surface area contributed by atoms with E-state index < -0.39 is 0 Å². The van der Waals surface area contributed by atoms with Crippen LogP contribution < -0.4 is 10.6 Å². The third-order valence-electron chi connectivity index (χ3n) is 3.61. The maximum atomic E-state index is 9.12. The molecule has 2 rings (SSSR count). The van der Waals surface area contributed by atoms with Gasteiger partial charge in [0.25, 0.3) is 0 Å². The second-order valence-corrected chi connectivity index (χ2v) is 5.39. The molecule has 2 bridgehead atoms. The van der Waals surface area contributed by atoms with E-state index in [1.165, 1.54) is 25.7 Å². The first-order valence-corrected chi connectivity index (χ1v) is 6.28. The van der Waals surface area contributed by atoms with E-state index in [4.69, 9.17) is 17.3 Å². The average molecular weight is 228 g/mol. The highest BCUT2D eigenvalue weighted by atomic mass is 32.1. The van der Waals surface area contributed by atoms with E-state index in [1.807, 2.05) is 0 Å². The maximum Gasteiger partial charge on any atom is 0.166 e. The van der Waals surface area contributed by atoms with Crippen LogP contribution in [-0.4, -0.2) is 28.9 Å². The Bertz CT molecular complexity index is 245. The third-order valence-corrected chi connectivity index (χ3v) is 3.87. The average Bonchev–Trinajstić information content (AvgIpc) is 2.76. The number of rotatable bonds is 3. The summed E-state index contributed by atoms with van der Waals surface area (Å²) in [6.45, 7) is 2.29. The Morgan fingerprint density at radius 1 is 1.47 bits per heavy atom. The zero-order chi connectivity index (χ0) is 10.8. The first kappa shape index (κ1) is 11.1. The van der Waals surface area contributed by atoms with Gasteiger partial charge in [-0.15, -0.1) is 0 Å². The van der Waals surface area contributed by atoms with Crippen LogP contribution in [-0.2, 0) is 0 Å². The molecule has 4 atom stereocenters. The lowest BCUT2D eigenvalue weighted by molar-refractivity contribution is 0.197. The zero-order valence-corrected chi connectivity index (χ0v) is 10.0. The fraction of sp³-hybridized carbons (Fsp3) is 0.909. The quantitative estimate of drug-likeness (QED) is 0.631. The number of aliphatic hydroxyl groups is 1. The van der Waals surface area contributed by atoms with Crippen LogP contribution in [0.3, 0.4) is 0 Å². The lowest BCUT2D eigenvalue weighted by Gasteiger charge is -2.24. The minimum atomic E-state index is -0.343. The topological polar surface area (TPSA) is 44.3 Å². The van der Waals surface area contributed by atoms with Crippen LogP contribution in [0, 0.1) is 11.8 Å². The molecule has 0 aromatic carbocycles. The van der Waals surface area contributed by atoms with Crippen LogP contribution in [0.5, 0.6) is 0 Å². The third kappa shape index (κ3) is 2.82. The molecule has 0 aromatic rings. The number of thiocarbonyl (C=S) groups is 1. The summed E-state index contributed by atoms with van der Waals surface area (Å²) in [5, 5.41) is 16.2. The van der Waals surface area contributed by atoms with Gasteiger partial charge in [0.2, 0.25) is 0 Å². The molecule has 0 spiro atoms. The van der Waals surface area contributed by atoms with Crippen LogP contribution in [0.15, 0.2) is 0 Å². The summed E-state index contributed by atoms with van der Waals surface area (Å²) in [5.74, 6) is 1.77. The summed E-state index contributed by atoms with van der Waals surface area (Å²) in [6, 6.07) is 0.581. The van der Waals surface area contributed by atoms with Crippen molar-refractivity contribution in [3.8, 4) is 0 Å². The predicted octanol–water partition coefficient (Wildman–Crippen LogP) is 1.02. The molecule has 3 nitrogen and oxygen atoms in total. The molecule has 15 heavy (non-hydrogen) atoms. The fourth-order valence-corrected chi connectivity index (χ4v) is 3.12. The van der Waals surface area contributed by atoms with Gasteiger partial charge < -0.3 is 15.7 Å². The fourth-order valence-electron chi connectivity index (χ4n) is 2.88. The molecule has 2 aliphatic carbocycles. The van der Waals surface area contributed by atoms with Gasteiger partial charge in [-0.2, -0.15) is 0 Å². The van der Waals surface area contributed by atoms with Crippen molar-refractivity contribution < 1.29 is 5.11 Å². The molecular weight excluding hydrogens is 208 g/mol. The van der Waals surface area contributed by atoms with Crippen molar-refractivity contribution in [3.05, 3.63) is 0 Å². The summed E-state index contributed by atoms with van der Waals surface area (Å²) in [5.41, 5.74) is 0. The van der Waals surface area contributed by atoms with Gasteiger partial charge >= 0.3 is 0 Å². The molecule has 3 N–H and O–H groups in total. The van der Waals surface area contributed by atoms with E-state index in [0.29, 0.717) is 17.7 Å². The second-order valence-electron chi connectivity index (χ2n) is 4.98. The van der Waals surface area contributed by atoms with E-state index in [-0.39, 0.29) is 6.10 Å². The van der Waals surface area contributed by atoms with Gasteiger partial charge in [0.1, 0.15) is 0 Å². The molecule has 2 saturated carbocycles. The normalized spacial score (nSPS) is 35.2. The maximum absolute atomic E-state index is 9.12. The molecule has 0 saturated heterocycles. The highest BCUT2D eigenvalue weighted by Gasteiger charge is 2.39. The summed E-state index contributed by atoms with van der Waals surface area (Å²) in [6.07, 6.45) is 5.10. The molecule has 0 unspecified atom stereocenters. The molecule has 86 valence electrons. The van der Waals surface area contributed by atoms with Crippen molar-refractivity contribution in [2.45, 2.75) is 44.8 Å². The van der Waals surface area contributed by atoms with Crippen molar-refractivity contribution in [3.63, 3.8) is 0 Å². The standard InChI is InChI=1S/C11H20N2OS/c1-7(14)6-12-11(15)13-10-5-8-2-3-9(10)4-8/h7-10,14H,2-6H2,1H3,(H2,12,13,15)/t7-,8+,9+,10+/m1/s1. The first-order chi connectivity index (χ1) is 7.15. The Morgan fingerprint density at radius 3 is 2.80 bits per heavy atom. The van der Waals surface area contributed by atoms with Gasteiger partial charge in [-0.25, -0.2) is 0 Å². The molecule has 2 fully saturated rings. The molecule has 2 aliphatic rings. The highest BCUT2D eigenvalue weighted by Crippen LogP contribution is 2.44. The first-order valence-electron chi connectivity index (χ1n) is 5.87. The SMILES string of the molecule is C[C@@H](O)CNC(=S)N[C@H]1C[C@H]2CC[C@H]1C2. The summed E-state index contributed by atoms with van der Waals surface area (Å²) in [7, 11) is 0. The second kappa shape index (κ2) is 4.66. The molecule has 4 heteroatoms. The van der Waals surface area contributed by atoms with Crippen molar-refractivity contribution in [2.75, 3.05) is 6.54 Å². The Kier molecular flexibility index (Phi) is 3.46. The van der Waals surface area contributed by atoms with Gasteiger partial charge in [-0.3, -0.25) is 0 Å². The smallest absolute Gasteiger partial charge is 0.166 e. The zero-order valence-electron chi connectivity index (χ0n) is 9.20. The molecule has 0 aliphatic heterocycles. The van der Waals surface area contributed by atoms with Gasteiger partial charge in [-0.05, 0) is 50.2 Å². The molecule has 0 heterocycles. The van der Waals surface area contributed by atoms with Gasteiger partial charge in [0.05, 0.1) is 6.10 Å². The number of hydrogen-bond acceptors (Lipinski definition) is 2. The number of aliphatic hydroxyl groups excluding tert-OH is 1. The van der Waals surface area contributed by atoms with Crippen molar-refractivity contribution >= 4 is 17.3 Å². The Labute approximate surface area is 96.6 Å². The van der Waals surface area contributed by atoms with E-state index in [0.717, 1.165) is 11.8 Å². The van der Waals surface area contributed by atoms with Crippen molar-refractivity contribution in [1.82, 2.24) is 10.6 Å².